The third-order valence-corrected chi connectivity index (χ3v) is 4.28. The molecule has 0 aliphatic carbocycles. The third kappa shape index (κ3) is 4.96. The summed E-state index contributed by atoms with van der Waals surface area (Å²) in [6.07, 6.45) is 6.01. The van der Waals surface area contributed by atoms with E-state index in [0.717, 1.165) is 50.9 Å². The van der Waals surface area contributed by atoms with Gasteiger partial charge in [0, 0.05) is 19.6 Å². The van der Waals surface area contributed by atoms with Crippen molar-refractivity contribution in [1.29, 1.82) is 0 Å². The van der Waals surface area contributed by atoms with E-state index in [2.05, 4.69) is 24.1 Å². The average molecular weight is 289 g/mol. The van der Waals surface area contributed by atoms with Gasteiger partial charge in [-0.15, -0.1) is 12.4 Å². The van der Waals surface area contributed by atoms with Gasteiger partial charge in [0.05, 0.1) is 5.92 Å². The highest BCUT2D eigenvalue weighted by Gasteiger charge is 2.29. The number of halogens is 1. The first-order chi connectivity index (χ1) is 8.66. The topological polar surface area (TPSA) is 32.3 Å². The van der Waals surface area contributed by atoms with Crippen LogP contribution in [0.4, 0.5) is 0 Å². The predicted molar refractivity (Wildman–Crippen MR) is 81.6 cm³/mol. The van der Waals surface area contributed by atoms with Crippen molar-refractivity contribution in [2.24, 2.45) is 17.8 Å². The molecule has 2 saturated heterocycles. The van der Waals surface area contributed by atoms with Crippen LogP contribution in [0.25, 0.3) is 0 Å². The molecule has 2 rings (SSSR count). The number of nitrogens with zero attached hydrogens (tertiary/aromatic N) is 1. The highest BCUT2D eigenvalue weighted by atomic mass is 35.5. The smallest absolute Gasteiger partial charge is 0.226 e. The predicted octanol–water partition coefficient (Wildman–Crippen LogP) is 2.69. The van der Waals surface area contributed by atoms with Gasteiger partial charge in [-0.3, -0.25) is 4.79 Å². The summed E-state index contributed by atoms with van der Waals surface area (Å²) in [5.41, 5.74) is 0. The van der Waals surface area contributed by atoms with E-state index in [4.69, 9.17) is 0 Å². The molecule has 2 atom stereocenters. The van der Waals surface area contributed by atoms with E-state index in [-0.39, 0.29) is 18.3 Å². The van der Waals surface area contributed by atoms with E-state index in [1.54, 1.807) is 0 Å². The molecule has 0 spiro atoms. The van der Waals surface area contributed by atoms with E-state index in [1.165, 1.54) is 19.3 Å². The van der Waals surface area contributed by atoms with Gasteiger partial charge < -0.3 is 10.2 Å². The van der Waals surface area contributed by atoms with Gasteiger partial charge in [0.2, 0.25) is 5.91 Å². The molecule has 4 heteroatoms. The van der Waals surface area contributed by atoms with Crippen molar-refractivity contribution in [3.05, 3.63) is 0 Å². The molecule has 0 aromatic carbocycles. The van der Waals surface area contributed by atoms with Crippen molar-refractivity contribution in [2.75, 3.05) is 26.2 Å². The van der Waals surface area contributed by atoms with Crippen LogP contribution in [0.3, 0.4) is 0 Å². The summed E-state index contributed by atoms with van der Waals surface area (Å²) < 4.78 is 0. The van der Waals surface area contributed by atoms with Crippen molar-refractivity contribution in [2.45, 2.75) is 46.0 Å². The molecule has 1 N–H and O–H groups in total. The molecule has 1 amide bonds. The number of carbonyl (C=O) groups excluding carboxylic acids is 1. The molecule has 2 unspecified atom stereocenters. The van der Waals surface area contributed by atoms with Gasteiger partial charge in [0.25, 0.3) is 0 Å². The Balaban J connectivity index is 0.00000180. The molecule has 0 saturated carbocycles. The Kier molecular flexibility index (Phi) is 7.16. The number of hydrogen-bond acceptors (Lipinski definition) is 2. The average Bonchev–Trinajstić information content (AvgIpc) is 2.38. The van der Waals surface area contributed by atoms with Gasteiger partial charge >= 0.3 is 0 Å². The Hall–Kier alpha value is -0.280. The fourth-order valence-corrected chi connectivity index (χ4v) is 3.45. The van der Waals surface area contributed by atoms with Gasteiger partial charge in [0.1, 0.15) is 0 Å². The van der Waals surface area contributed by atoms with E-state index >= 15 is 0 Å². The second kappa shape index (κ2) is 8.11. The normalized spacial score (nSPS) is 28.1. The maximum absolute atomic E-state index is 12.5. The van der Waals surface area contributed by atoms with Gasteiger partial charge in [-0.2, -0.15) is 0 Å². The van der Waals surface area contributed by atoms with Crippen LogP contribution in [-0.2, 0) is 4.79 Å². The lowest BCUT2D eigenvalue weighted by molar-refractivity contribution is -0.138. The fraction of sp³-hybridized carbons (Fsp3) is 0.933. The molecule has 2 aliphatic heterocycles. The molecule has 3 nitrogen and oxygen atoms in total. The molecule has 0 radical (unpaired) electrons. The van der Waals surface area contributed by atoms with Crippen LogP contribution in [0.2, 0.25) is 0 Å². The minimum atomic E-state index is 0. The number of piperidine rings is 2. The zero-order valence-electron chi connectivity index (χ0n) is 12.4. The number of hydrogen-bond donors (Lipinski definition) is 1. The molecule has 2 fully saturated rings. The standard InChI is InChI=1S/C15H28N2O.ClH/c1-12(2)9-13-5-4-8-17(11-13)15(18)14-6-3-7-16-10-14;/h12-14,16H,3-11H2,1-2H3;1H. The number of rotatable bonds is 3. The number of amides is 1. The maximum atomic E-state index is 12.5. The first-order valence-corrected chi connectivity index (χ1v) is 7.66. The Morgan fingerprint density at radius 2 is 2.11 bits per heavy atom. The van der Waals surface area contributed by atoms with Crippen LogP contribution < -0.4 is 5.32 Å². The second-order valence-electron chi connectivity index (χ2n) is 6.47. The van der Waals surface area contributed by atoms with E-state index in [9.17, 15) is 4.79 Å². The molecular formula is C15H29ClN2O. The van der Waals surface area contributed by atoms with Gasteiger partial charge in [0.15, 0.2) is 0 Å². The highest BCUT2D eigenvalue weighted by Crippen LogP contribution is 2.25. The van der Waals surface area contributed by atoms with Crippen LogP contribution in [0, 0.1) is 17.8 Å². The molecule has 0 aromatic heterocycles. The Morgan fingerprint density at radius 1 is 1.32 bits per heavy atom. The van der Waals surface area contributed by atoms with Crippen LogP contribution in [0.15, 0.2) is 0 Å². The third-order valence-electron chi connectivity index (χ3n) is 4.28. The lowest BCUT2D eigenvalue weighted by Crippen LogP contribution is -2.47. The fourth-order valence-electron chi connectivity index (χ4n) is 3.45. The summed E-state index contributed by atoms with van der Waals surface area (Å²) in [6, 6.07) is 0. The van der Waals surface area contributed by atoms with Gasteiger partial charge in [-0.1, -0.05) is 13.8 Å². The molecule has 112 valence electrons. The highest BCUT2D eigenvalue weighted by molar-refractivity contribution is 5.85. The first kappa shape index (κ1) is 16.8. The maximum Gasteiger partial charge on any atom is 0.226 e. The van der Waals surface area contributed by atoms with Gasteiger partial charge in [-0.05, 0) is 50.5 Å². The summed E-state index contributed by atoms with van der Waals surface area (Å²) in [5, 5.41) is 3.35. The summed E-state index contributed by atoms with van der Waals surface area (Å²) in [5.74, 6) is 2.15. The largest absolute Gasteiger partial charge is 0.342 e. The minimum absolute atomic E-state index is 0. The quantitative estimate of drug-likeness (QED) is 0.866. The van der Waals surface area contributed by atoms with Crippen molar-refractivity contribution >= 4 is 18.3 Å². The van der Waals surface area contributed by atoms with Crippen molar-refractivity contribution < 1.29 is 4.79 Å². The van der Waals surface area contributed by atoms with E-state index < -0.39 is 0 Å². The molecule has 19 heavy (non-hydrogen) atoms. The minimum Gasteiger partial charge on any atom is -0.342 e. The lowest BCUT2D eigenvalue weighted by atomic mass is 9.88. The molecule has 2 aliphatic rings. The SMILES string of the molecule is CC(C)CC1CCCN(C(=O)C2CCCNC2)C1.Cl. The van der Waals surface area contributed by atoms with Crippen molar-refractivity contribution in [1.82, 2.24) is 10.2 Å². The van der Waals surface area contributed by atoms with Crippen LogP contribution >= 0.6 is 12.4 Å². The van der Waals surface area contributed by atoms with Crippen LogP contribution in [0.5, 0.6) is 0 Å². The zero-order chi connectivity index (χ0) is 13.0. The van der Waals surface area contributed by atoms with Crippen molar-refractivity contribution in [3.63, 3.8) is 0 Å². The lowest BCUT2D eigenvalue weighted by Gasteiger charge is -2.36. The molecule has 0 bridgehead atoms. The monoisotopic (exact) mass is 288 g/mol. The molecule has 0 aromatic rings. The second-order valence-corrected chi connectivity index (χ2v) is 6.47. The Bertz CT molecular complexity index is 277. The summed E-state index contributed by atoms with van der Waals surface area (Å²) in [7, 11) is 0. The summed E-state index contributed by atoms with van der Waals surface area (Å²) in [4.78, 5) is 14.6. The summed E-state index contributed by atoms with van der Waals surface area (Å²) in [6.45, 7) is 8.54. The van der Waals surface area contributed by atoms with Gasteiger partial charge in [-0.25, -0.2) is 0 Å². The summed E-state index contributed by atoms with van der Waals surface area (Å²) >= 11 is 0. The zero-order valence-corrected chi connectivity index (χ0v) is 13.2. The van der Waals surface area contributed by atoms with Crippen LogP contribution in [0.1, 0.15) is 46.0 Å². The Labute approximate surface area is 123 Å². The van der Waals surface area contributed by atoms with E-state index in [1.807, 2.05) is 0 Å². The van der Waals surface area contributed by atoms with E-state index in [0.29, 0.717) is 5.91 Å². The van der Waals surface area contributed by atoms with Crippen LogP contribution in [-0.4, -0.2) is 37.0 Å². The molecule has 2 heterocycles. The number of carbonyl (C=O) groups is 1. The Morgan fingerprint density at radius 3 is 2.74 bits per heavy atom. The first-order valence-electron chi connectivity index (χ1n) is 7.66. The number of likely N-dealkylation sites (tertiary alicyclic amines) is 1. The number of nitrogens with one attached hydrogen (secondary N) is 1. The molecular weight excluding hydrogens is 260 g/mol. The van der Waals surface area contributed by atoms with Crippen molar-refractivity contribution in [3.8, 4) is 0 Å².